The number of aromatic amines is 1. The van der Waals surface area contributed by atoms with Gasteiger partial charge in [0.05, 0.1) is 28.9 Å². The first kappa shape index (κ1) is 17.5. The summed E-state index contributed by atoms with van der Waals surface area (Å²) in [5.74, 6) is 0.633. The van der Waals surface area contributed by atoms with Gasteiger partial charge in [0.25, 0.3) is 5.91 Å². The lowest BCUT2D eigenvalue weighted by atomic mass is 10.0. The molecule has 27 heavy (non-hydrogen) atoms. The van der Waals surface area contributed by atoms with Crippen molar-refractivity contribution in [3.05, 3.63) is 52.3 Å². The number of aromatic nitrogens is 3. The molecule has 8 heteroatoms. The summed E-state index contributed by atoms with van der Waals surface area (Å²) in [6.07, 6.45) is 4.94. The van der Waals surface area contributed by atoms with Crippen LogP contribution in [0.1, 0.15) is 28.8 Å². The van der Waals surface area contributed by atoms with Crippen molar-refractivity contribution in [3.8, 4) is 6.07 Å². The number of hydrogen-bond donors (Lipinski definition) is 2. The minimum absolute atomic E-state index is 0.0223. The number of halogens is 1. The van der Waals surface area contributed by atoms with Gasteiger partial charge in [0.15, 0.2) is 0 Å². The molecule has 1 aliphatic heterocycles. The van der Waals surface area contributed by atoms with E-state index in [2.05, 4.69) is 42.4 Å². The maximum absolute atomic E-state index is 12.3. The molecule has 2 aromatic heterocycles. The number of rotatable bonds is 3. The Morgan fingerprint density at radius 3 is 3.07 bits per heavy atom. The Hall–Kier alpha value is -2.92. The molecule has 3 heterocycles. The van der Waals surface area contributed by atoms with Crippen LogP contribution in [0.2, 0.25) is 0 Å². The summed E-state index contributed by atoms with van der Waals surface area (Å²) in [7, 11) is 0. The van der Waals surface area contributed by atoms with Crippen LogP contribution in [0, 0.1) is 11.3 Å². The Morgan fingerprint density at radius 2 is 2.30 bits per heavy atom. The zero-order valence-electron chi connectivity index (χ0n) is 14.4. The number of benzene rings is 1. The number of piperidine rings is 1. The van der Waals surface area contributed by atoms with E-state index in [1.54, 1.807) is 6.20 Å². The lowest BCUT2D eigenvalue weighted by molar-refractivity contribution is 0.0933. The van der Waals surface area contributed by atoms with E-state index >= 15 is 0 Å². The van der Waals surface area contributed by atoms with Gasteiger partial charge < -0.3 is 10.2 Å². The number of H-pyrrole nitrogens is 1. The van der Waals surface area contributed by atoms with E-state index in [0.29, 0.717) is 17.7 Å². The van der Waals surface area contributed by atoms with Crippen molar-refractivity contribution in [2.75, 3.05) is 18.0 Å². The summed E-state index contributed by atoms with van der Waals surface area (Å²) in [4.78, 5) is 19.1. The maximum Gasteiger partial charge on any atom is 0.254 e. The lowest BCUT2D eigenvalue weighted by Crippen LogP contribution is -2.48. The normalized spacial score (nSPS) is 16.9. The van der Waals surface area contributed by atoms with Gasteiger partial charge in [-0.15, -0.1) is 0 Å². The summed E-state index contributed by atoms with van der Waals surface area (Å²) in [5.41, 5.74) is 1.91. The summed E-state index contributed by atoms with van der Waals surface area (Å²) in [6, 6.07) is 9.86. The van der Waals surface area contributed by atoms with Crippen LogP contribution in [0.5, 0.6) is 0 Å². The van der Waals surface area contributed by atoms with Gasteiger partial charge in [0.2, 0.25) is 0 Å². The predicted molar refractivity (Wildman–Crippen MR) is 105 cm³/mol. The van der Waals surface area contributed by atoms with Crippen LogP contribution < -0.4 is 10.2 Å². The van der Waals surface area contributed by atoms with E-state index in [0.717, 1.165) is 40.6 Å². The zero-order chi connectivity index (χ0) is 18.8. The minimum Gasteiger partial charge on any atom is -0.355 e. The van der Waals surface area contributed by atoms with Crippen molar-refractivity contribution in [1.29, 1.82) is 5.26 Å². The number of nitriles is 1. The number of hydrogen-bond acceptors (Lipinski definition) is 5. The van der Waals surface area contributed by atoms with Crippen molar-refractivity contribution < 1.29 is 4.79 Å². The molecule has 0 bridgehead atoms. The van der Waals surface area contributed by atoms with Crippen LogP contribution in [-0.4, -0.2) is 40.2 Å². The second-order valence-electron chi connectivity index (χ2n) is 6.55. The van der Waals surface area contributed by atoms with Crippen molar-refractivity contribution in [1.82, 2.24) is 20.5 Å². The Bertz CT molecular complexity index is 1030. The first-order chi connectivity index (χ1) is 13.1. The molecule has 1 aromatic carbocycles. The molecule has 0 saturated carbocycles. The molecule has 7 nitrogen and oxygen atoms in total. The molecule has 4 rings (SSSR count). The van der Waals surface area contributed by atoms with Gasteiger partial charge in [-0.05, 0) is 37.1 Å². The Balaban J connectivity index is 1.57. The van der Waals surface area contributed by atoms with Crippen LogP contribution in [0.3, 0.4) is 0 Å². The number of amides is 1. The highest BCUT2D eigenvalue weighted by atomic mass is 79.9. The van der Waals surface area contributed by atoms with E-state index in [9.17, 15) is 10.1 Å². The van der Waals surface area contributed by atoms with Gasteiger partial charge in [0.1, 0.15) is 5.82 Å². The third-order valence-corrected chi connectivity index (χ3v) is 5.21. The third kappa shape index (κ3) is 3.64. The SMILES string of the molecule is N#Cc1cc(N2CCC[C@H](NC(=O)c3cn[nH]c3)C2)nc2ccc(Br)cc12. The van der Waals surface area contributed by atoms with Crippen LogP contribution in [-0.2, 0) is 0 Å². The second kappa shape index (κ2) is 7.37. The van der Waals surface area contributed by atoms with Crippen LogP contribution in [0.25, 0.3) is 10.9 Å². The van der Waals surface area contributed by atoms with Crippen molar-refractivity contribution >= 4 is 38.6 Å². The maximum atomic E-state index is 12.3. The van der Waals surface area contributed by atoms with Crippen LogP contribution in [0.15, 0.2) is 41.1 Å². The molecule has 0 radical (unpaired) electrons. The van der Waals surface area contributed by atoms with Crippen molar-refractivity contribution in [2.45, 2.75) is 18.9 Å². The summed E-state index contributed by atoms with van der Waals surface area (Å²) >= 11 is 3.44. The average Bonchev–Trinajstić information content (AvgIpc) is 3.22. The van der Waals surface area contributed by atoms with Crippen LogP contribution in [0.4, 0.5) is 5.82 Å². The fourth-order valence-corrected chi connectivity index (χ4v) is 3.75. The molecule has 3 aromatic rings. The number of nitrogens with one attached hydrogen (secondary N) is 2. The zero-order valence-corrected chi connectivity index (χ0v) is 16.0. The molecule has 136 valence electrons. The fourth-order valence-electron chi connectivity index (χ4n) is 3.39. The fraction of sp³-hybridized carbons (Fsp3) is 0.263. The topological polar surface area (TPSA) is 97.7 Å². The van der Waals surface area contributed by atoms with Crippen molar-refractivity contribution in [3.63, 3.8) is 0 Å². The van der Waals surface area contributed by atoms with E-state index < -0.39 is 0 Å². The Morgan fingerprint density at radius 1 is 1.41 bits per heavy atom. The van der Waals surface area contributed by atoms with Gasteiger partial charge >= 0.3 is 0 Å². The molecule has 1 fully saturated rings. The lowest BCUT2D eigenvalue weighted by Gasteiger charge is -2.34. The van der Waals surface area contributed by atoms with Gasteiger partial charge in [-0.25, -0.2) is 4.98 Å². The summed E-state index contributed by atoms with van der Waals surface area (Å²) < 4.78 is 0.918. The Kier molecular flexibility index (Phi) is 4.77. The second-order valence-corrected chi connectivity index (χ2v) is 7.46. The van der Waals surface area contributed by atoms with E-state index in [-0.39, 0.29) is 11.9 Å². The van der Waals surface area contributed by atoms with E-state index in [1.807, 2.05) is 24.3 Å². The number of carbonyl (C=O) groups is 1. The van der Waals surface area contributed by atoms with Gasteiger partial charge in [-0.1, -0.05) is 15.9 Å². The number of anilines is 1. The first-order valence-corrected chi connectivity index (χ1v) is 9.48. The number of carbonyl (C=O) groups excluding carboxylic acids is 1. The average molecular weight is 425 g/mol. The standard InChI is InChI=1S/C19H17BrN6O/c20-14-3-4-17-16(7-14)12(8-21)6-18(25-17)26-5-1-2-15(11-26)24-19(27)13-9-22-23-10-13/h3-4,6-7,9-10,15H,1-2,5,11H2,(H,22,23)(H,24,27)/t15-/m0/s1. The predicted octanol–water partition coefficient (Wildman–Crippen LogP) is 2.99. The minimum atomic E-state index is -0.135. The molecule has 1 atom stereocenters. The summed E-state index contributed by atoms with van der Waals surface area (Å²) in [6.45, 7) is 1.50. The molecule has 1 saturated heterocycles. The molecule has 0 spiro atoms. The monoisotopic (exact) mass is 424 g/mol. The third-order valence-electron chi connectivity index (χ3n) is 4.72. The highest BCUT2D eigenvalue weighted by molar-refractivity contribution is 9.10. The van der Waals surface area contributed by atoms with E-state index in [4.69, 9.17) is 4.98 Å². The molecule has 2 N–H and O–H groups in total. The number of pyridine rings is 1. The molecule has 1 aliphatic rings. The largest absolute Gasteiger partial charge is 0.355 e. The highest BCUT2D eigenvalue weighted by Gasteiger charge is 2.24. The smallest absolute Gasteiger partial charge is 0.254 e. The quantitative estimate of drug-likeness (QED) is 0.673. The van der Waals surface area contributed by atoms with Gasteiger partial charge in [0, 0.05) is 35.2 Å². The van der Waals surface area contributed by atoms with Crippen molar-refractivity contribution in [2.24, 2.45) is 0 Å². The van der Waals surface area contributed by atoms with Gasteiger partial charge in [-0.3, -0.25) is 9.89 Å². The number of fused-ring (bicyclic) bond motifs is 1. The molecule has 0 unspecified atom stereocenters. The first-order valence-electron chi connectivity index (χ1n) is 8.69. The van der Waals surface area contributed by atoms with Gasteiger partial charge in [-0.2, -0.15) is 10.4 Å². The highest BCUT2D eigenvalue weighted by Crippen LogP contribution is 2.27. The molecule has 0 aliphatic carbocycles. The number of nitrogens with zero attached hydrogens (tertiary/aromatic N) is 4. The molecule has 1 amide bonds. The summed E-state index contributed by atoms with van der Waals surface area (Å²) in [5, 5.41) is 19.9. The van der Waals surface area contributed by atoms with E-state index in [1.165, 1.54) is 6.20 Å². The van der Waals surface area contributed by atoms with Crippen LogP contribution >= 0.6 is 15.9 Å². The molecular formula is C19H17BrN6O. The molecular weight excluding hydrogens is 408 g/mol. The Labute approximate surface area is 164 Å².